The zero-order valence-electron chi connectivity index (χ0n) is 15.6. The standard InChI is InChI=1S/C17H21ClFN5O4/c1-17(2,3)28-15(25)22-12-8-24(16(26)27)5-4-11(12)21-14-10(19)6-9(7-20)13(18)23-14/h6,11-12H,4-5,8H2,1-3H3,(H,21,23)(H,22,25)(H,26,27). The van der Waals surface area contributed by atoms with Crippen LogP contribution in [0.3, 0.4) is 0 Å². The molecule has 2 atom stereocenters. The SMILES string of the molecule is CC(C)(C)OC(=O)NC1CN(C(=O)O)CCC1Nc1nc(Cl)c(C#N)cc1F. The Kier molecular flexibility index (Phi) is 6.51. The summed E-state index contributed by atoms with van der Waals surface area (Å²) >= 11 is 5.86. The molecule has 152 valence electrons. The van der Waals surface area contributed by atoms with Crippen molar-refractivity contribution in [2.75, 3.05) is 18.4 Å². The van der Waals surface area contributed by atoms with Crippen molar-refractivity contribution in [3.05, 3.63) is 22.6 Å². The fourth-order valence-electron chi connectivity index (χ4n) is 2.73. The lowest BCUT2D eigenvalue weighted by Gasteiger charge is -2.38. The Morgan fingerprint density at radius 2 is 2.14 bits per heavy atom. The smallest absolute Gasteiger partial charge is 0.408 e. The van der Waals surface area contributed by atoms with Crippen LogP contribution < -0.4 is 10.6 Å². The molecule has 0 aliphatic carbocycles. The molecule has 0 spiro atoms. The molecule has 1 saturated heterocycles. The molecule has 1 aliphatic rings. The summed E-state index contributed by atoms with van der Waals surface area (Å²) < 4.78 is 19.5. The van der Waals surface area contributed by atoms with Gasteiger partial charge in [-0.15, -0.1) is 0 Å². The summed E-state index contributed by atoms with van der Waals surface area (Å²) in [6, 6.07) is 1.46. The molecule has 0 radical (unpaired) electrons. The first kappa shape index (κ1) is 21.5. The molecule has 1 aromatic heterocycles. The van der Waals surface area contributed by atoms with E-state index in [0.29, 0.717) is 0 Å². The number of nitrogens with zero attached hydrogens (tertiary/aromatic N) is 3. The third-order valence-corrected chi connectivity index (χ3v) is 4.25. The van der Waals surface area contributed by atoms with Crippen LogP contribution in [-0.4, -0.2) is 58.0 Å². The first-order chi connectivity index (χ1) is 13.0. The van der Waals surface area contributed by atoms with Gasteiger partial charge in [-0.1, -0.05) is 11.6 Å². The Balaban J connectivity index is 2.20. The first-order valence-corrected chi connectivity index (χ1v) is 8.88. The second-order valence-electron chi connectivity index (χ2n) is 7.29. The molecule has 2 unspecified atom stereocenters. The van der Waals surface area contributed by atoms with Crippen LogP contribution in [-0.2, 0) is 4.74 Å². The van der Waals surface area contributed by atoms with Crippen molar-refractivity contribution in [2.45, 2.75) is 44.9 Å². The number of amides is 2. The van der Waals surface area contributed by atoms with Crippen LogP contribution in [0.25, 0.3) is 0 Å². The van der Waals surface area contributed by atoms with Gasteiger partial charge in [0.25, 0.3) is 0 Å². The van der Waals surface area contributed by atoms with Crippen molar-refractivity contribution in [1.29, 1.82) is 5.26 Å². The summed E-state index contributed by atoms with van der Waals surface area (Å²) in [5.41, 5.74) is -0.837. The molecule has 0 aromatic carbocycles. The second-order valence-corrected chi connectivity index (χ2v) is 7.65. The van der Waals surface area contributed by atoms with Gasteiger partial charge in [-0.2, -0.15) is 5.26 Å². The Morgan fingerprint density at radius 3 is 2.71 bits per heavy atom. The quantitative estimate of drug-likeness (QED) is 0.650. The lowest BCUT2D eigenvalue weighted by molar-refractivity contribution is 0.0462. The molecule has 2 amide bonds. The minimum Gasteiger partial charge on any atom is -0.465 e. The largest absolute Gasteiger partial charge is 0.465 e. The molecule has 28 heavy (non-hydrogen) atoms. The average molecular weight is 414 g/mol. The van der Waals surface area contributed by atoms with E-state index in [9.17, 15) is 19.1 Å². The van der Waals surface area contributed by atoms with E-state index in [0.717, 1.165) is 11.0 Å². The van der Waals surface area contributed by atoms with Gasteiger partial charge in [-0.05, 0) is 33.3 Å². The first-order valence-electron chi connectivity index (χ1n) is 8.50. The minimum atomic E-state index is -1.12. The zero-order chi connectivity index (χ0) is 21.1. The van der Waals surface area contributed by atoms with Crippen molar-refractivity contribution in [3.63, 3.8) is 0 Å². The van der Waals surface area contributed by atoms with E-state index < -0.39 is 35.7 Å². The number of pyridine rings is 1. The van der Waals surface area contributed by atoms with Crippen LogP contribution in [0.1, 0.15) is 32.8 Å². The van der Waals surface area contributed by atoms with E-state index >= 15 is 0 Å². The molecule has 1 aliphatic heterocycles. The average Bonchev–Trinajstić information content (AvgIpc) is 2.57. The van der Waals surface area contributed by atoms with Crippen LogP contribution in [0.2, 0.25) is 5.15 Å². The zero-order valence-corrected chi connectivity index (χ0v) is 16.4. The number of ether oxygens (including phenoxy) is 1. The summed E-state index contributed by atoms with van der Waals surface area (Å²) in [6.07, 6.45) is -1.56. The predicted octanol–water partition coefficient (Wildman–Crippen LogP) is 2.80. The van der Waals surface area contributed by atoms with Crippen LogP contribution in [0, 0.1) is 17.1 Å². The predicted molar refractivity (Wildman–Crippen MR) is 98.7 cm³/mol. The molecule has 3 N–H and O–H groups in total. The van der Waals surface area contributed by atoms with E-state index in [1.165, 1.54) is 0 Å². The number of rotatable bonds is 3. The van der Waals surface area contributed by atoms with Gasteiger partial charge in [0.15, 0.2) is 11.6 Å². The summed E-state index contributed by atoms with van der Waals surface area (Å²) in [5.74, 6) is -0.966. The number of hydrogen-bond donors (Lipinski definition) is 3. The molecule has 9 nitrogen and oxygen atoms in total. The Morgan fingerprint density at radius 1 is 1.46 bits per heavy atom. The van der Waals surface area contributed by atoms with Crippen molar-refractivity contribution < 1.29 is 23.8 Å². The molecule has 0 saturated carbocycles. The maximum absolute atomic E-state index is 14.2. The summed E-state index contributed by atoms with van der Waals surface area (Å²) in [7, 11) is 0. The molecular formula is C17H21ClFN5O4. The fraction of sp³-hybridized carbons (Fsp3) is 0.529. The number of hydrogen-bond acceptors (Lipinski definition) is 6. The number of nitriles is 1. The van der Waals surface area contributed by atoms with E-state index in [2.05, 4.69) is 15.6 Å². The number of carbonyl (C=O) groups excluding carboxylic acids is 1. The van der Waals surface area contributed by atoms with Gasteiger partial charge >= 0.3 is 12.2 Å². The van der Waals surface area contributed by atoms with Gasteiger partial charge in [-0.25, -0.2) is 19.0 Å². The molecule has 0 bridgehead atoms. The normalized spacial score (nSPS) is 19.5. The van der Waals surface area contributed by atoms with Crippen molar-refractivity contribution in [1.82, 2.24) is 15.2 Å². The maximum Gasteiger partial charge on any atom is 0.408 e. The molecule has 11 heteroatoms. The molecule has 2 rings (SSSR count). The third kappa shape index (κ3) is 5.60. The maximum atomic E-state index is 14.2. The van der Waals surface area contributed by atoms with E-state index in [1.54, 1.807) is 26.8 Å². The van der Waals surface area contributed by atoms with Gasteiger partial charge in [0.1, 0.15) is 16.8 Å². The van der Waals surface area contributed by atoms with Gasteiger partial charge in [0, 0.05) is 13.1 Å². The Hall–Kier alpha value is -2.80. The minimum absolute atomic E-state index is 0.0160. The molecule has 2 heterocycles. The van der Waals surface area contributed by atoms with Crippen LogP contribution >= 0.6 is 11.6 Å². The number of nitrogens with one attached hydrogen (secondary N) is 2. The highest BCUT2D eigenvalue weighted by atomic mass is 35.5. The second kappa shape index (κ2) is 8.48. The van der Waals surface area contributed by atoms with E-state index in [4.69, 9.17) is 21.6 Å². The van der Waals surface area contributed by atoms with Crippen LogP contribution in [0.4, 0.5) is 19.8 Å². The number of carboxylic acid groups (broad SMARTS) is 1. The summed E-state index contributed by atoms with van der Waals surface area (Å²) in [6.45, 7) is 5.27. The van der Waals surface area contributed by atoms with Gasteiger partial charge in [-0.3, -0.25) is 0 Å². The third-order valence-electron chi connectivity index (χ3n) is 3.96. The number of aromatic nitrogens is 1. The highest BCUT2D eigenvalue weighted by Gasteiger charge is 2.34. The number of piperidine rings is 1. The number of anilines is 1. The fourth-order valence-corrected chi connectivity index (χ4v) is 2.91. The van der Waals surface area contributed by atoms with Crippen molar-refractivity contribution in [2.24, 2.45) is 0 Å². The molecule has 1 fully saturated rings. The highest BCUT2D eigenvalue weighted by molar-refractivity contribution is 6.30. The van der Waals surface area contributed by atoms with Crippen molar-refractivity contribution in [3.8, 4) is 6.07 Å². The van der Waals surface area contributed by atoms with Crippen LogP contribution in [0.15, 0.2) is 6.07 Å². The lowest BCUT2D eigenvalue weighted by atomic mass is 9.99. The number of carbonyl (C=O) groups is 2. The molecular weight excluding hydrogens is 393 g/mol. The lowest BCUT2D eigenvalue weighted by Crippen LogP contribution is -2.59. The Bertz CT molecular complexity index is 808. The Labute approximate surface area is 166 Å². The molecule has 1 aromatic rings. The summed E-state index contributed by atoms with van der Waals surface area (Å²) in [4.78, 5) is 28.4. The number of alkyl carbamates (subject to hydrolysis) is 1. The summed E-state index contributed by atoms with van der Waals surface area (Å²) in [5, 5.41) is 23.4. The van der Waals surface area contributed by atoms with E-state index in [-0.39, 0.29) is 36.0 Å². The number of halogens is 2. The van der Waals surface area contributed by atoms with Gasteiger partial charge in [0.05, 0.1) is 17.6 Å². The topological polar surface area (TPSA) is 128 Å². The van der Waals surface area contributed by atoms with Gasteiger partial charge < -0.3 is 25.4 Å². The van der Waals surface area contributed by atoms with E-state index in [1.807, 2.05) is 0 Å². The van der Waals surface area contributed by atoms with Crippen molar-refractivity contribution >= 4 is 29.6 Å². The number of likely N-dealkylation sites (tertiary alicyclic amines) is 1. The van der Waals surface area contributed by atoms with Gasteiger partial charge in [0.2, 0.25) is 0 Å². The van der Waals surface area contributed by atoms with Crippen LogP contribution in [0.5, 0.6) is 0 Å². The highest BCUT2D eigenvalue weighted by Crippen LogP contribution is 2.23. The monoisotopic (exact) mass is 413 g/mol.